The van der Waals surface area contributed by atoms with Gasteiger partial charge in [0, 0.05) is 43.7 Å². The number of carbonyl (C=O) groups excluding carboxylic acids is 2. The van der Waals surface area contributed by atoms with E-state index in [9.17, 15) is 14.7 Å². The molecule has 36 heavy (non-hydrogen) atoms. The minimum absolute atomic E-state index is 0.0649. The van der Waals surface area contributed by atoms with E-state index in [4.69, 9.17) is 9.47 Å². The summed E-state index contributed by atoms with van der Waals surface area (Å²) < 4.78 is 11.6. The number of Topliss-reactive ketones (excluding diaryl/α,β-unsaturated/α-hetero) is 1. The quantitative estimate of drug-likeness (QED) is 0.521. The first kappa shape index (κ1) is 23.9. The SMILES string of the molecule is CC(c1c(O)ccc2c1O/C(=C\c1n[nH]c3ccccc13)C2=O)N1CCN(C(=O)OC(C)(C)C)CC1. The largest absolute Gasteiger partial charge is 0.507 e. The highest BCUT2D eigenvalue weighted by molar-refractivity contribution is 6.15. The Labute approximate surface area is 209 Å². The van der Waals surface area contributed by atoms with Crippen molar-refractivity contribution in [2.24, 2.45) is 0 Å². The Hall–Kier alpha value is -3.85. The highest BCUT2D eigenvalue weighted by atomic mass is 16.6. The van der Waals surface area contributed by atoms with Gasteiger partial charge in [-0.2, -0.15) is 5.10 Å². The monoisotopic (exact) mass is 490 g/mol. The Kier molecular flexibility index (Phi) is 5.96. The van der Waals surface area contributed by atoms with Gasteiger partial charge in [-0.05, 0) is 45.9 Å². The number of fused-ring (bicyclic) bond motifs is 2. The molecule has 0 aliphatic carbocycles. The number of allylic oxidation sites excluding steroid dienone is 1. The van der Waals surface area contributed by atoms with Gasteiger partial charge in [-0.15, -0.1) is 0 Å². The van der Waals surface area contributed by atoms with Gasteiger partial charge in [0.25, 0.3) is 0 Å². The molecule has 188 valence electrons. The molecular weight excluding hydrogens is 460 g/mol. The van der Waals surface area contributed by atoms with Crippen molar-refractivity contribution in [2.45, 2.75) is 39.3 Å². The Morgan fingerprint density at radius 2 is 1.89 bits per heavy atom. The summed E-state index contributed by atoms with van der Waals surface area (Å²) >= 11 is 0. The molecule has 0 bridgehead atoms. The van der Waals surface area contributed by atoms with E-state index in [0.717, 1.165) is 10.9 Å². The first-order valence-corrected chi connectivity index (χ1v) is 12.1. The van der Waals surface area contributed by atoms with Crippen molar-refractivity contribution >= 4 is 28.9 Å². The number of hydrogen-bond donors (Lipinski definition) is 2. The number of H-pyrrole nitrogens is 1. The standard InChI is InChI=1S/C27H30N4O5/c1-16(30-11-13-31(14-12-30)26(34)36-27(2,3)4)23-21(32)10-9-18-24(33)22(35-25(18)23)15-20-17-7-5-6-8-19(17)28-29-20/h5-10,15-16,32H,11-14H2,1-4H3,(H,28,29)/b22-15-. The topological polar surface area (TPSA) is 108 Å². The second-order valence-electron chi connectivity index (χ2n) is 10.1. The molecule has 3 aromatic rings. The highest BCUT2D eigenvalue weighted by Gasteiger charge is 2.36. The molecule has 3 heterocycles. The number of piperazine rings is 1. The number of ether oxygens (including phenoxy) is 2. The minimum atomic E-state index is -0.546. The zero-order valence-corrected chi connectivity index (χ0v) is 20.9. The lowest BCUT2D eigenvalue weighted by Gasteiger charge is -2.38. The third kappa shape index (κ3) is 4.42. The van der Waals surface area contributed by atoms with Crippen LogP contribution in [-0.4, -0.2) is 68.8 Å². The number of aromatic nitrogens is 2. The van der Waals surface area contributed by atoms with E-state index in [1.54, 1.807) is 17.0 Å². The van der Waals surface area contributed by atoms with Crippen LogP contribution in [0, 0.1) is 0 Å². The number of aromatic hydroxyl groups is 1. The number of nitrogens with one attached hydrogen (secondary N) is 1. The number of carbonyl (C=O) groups is 2. The van der Waals surface area contributed by atoms with Crippen molar-refractivity contribution in [3.05, 3.63) is 59.0 Å². The van der Waals surface area contributed by atoms with E-state index < -0.39 is 5.60 Å². The maximum Gasteiger partial charge on any atom is 0.410 e. The molecule has 1 unspecified atom stereocenters. The summed E-state index contributed by atoms with van der Waals surface area (Å²) in [6.45, 7) is 9.72. The first-order valence-electron chi connectivity index (χ1n) is 12.1. The van der Waals surface area contributed by atoms with E-state index in [-0.39, 0.29) is 29.4 Å². The van der Waals surface area contributed by atoms with Gasteiger partial charge < -0.3 is 19.5 Å². The molecule has 2 aliphatic heterocycles. The number of ketones is 1. The normalized spacial score (nSPS) is 18.4. The fraction of sp³-hybridized carbons (Fsp3) is 0.370. The Morgan fingerprint density at radius 3 is 2.61 bits per heavy atom. The van der Waals surface area contributed by atoms with Crippen molar-refractivity contribution in [1.82, 2.24) is 20.0 Å². The van der Waals surface area contributed by atoms with E-state index in [0.29, 0.717) is 48.7 Å². The number of aromatic amines is 1. The third-order valence-electron chi connectivity index (χ3n) is 6.55. The van der Waals surface area contributed by atoms with Crippen LogP contribution in [0.4, 0.5) is 4.79 Å². The van der Waals surface area contributed by atoms with Crippen LogP contribution in [0.1, 0.15) is 55.4 Å². The second-order valence-corrected chi connectivity index (χ2v) is 10.1. The van der Waals surface area contributed by atoms with E-state index in [1.807, 2.05) is 52.0 Å². The van der Waals surface area contributed by atoms with Gasteiger partial charge in [0.15, 0.2) is 5.76 Å². The van der Waals surface area contributed by atoms with Crippen molar-refractivity contribution in [3.63, 3.8) is 0 Å². The second kappa shape index (κ2) is 8.98. The average molecular weight is 491 g/mol. The highest BCUT2D eigenvalue weighted by Crippen LogP contribution is 2.44. The van der Waals surface area contributed by atoms with Crippen LogP contribution >= 0.6 is 0 Å². The Bertz CT molecular complexity index is 1360. The zero-order chi connectivity index (χ0) is 25.6. The number of para-hydroxylation sites is 1. The lowest BCUT2D eigenvalue weighted by Crippen LogP contribution is -2.50. The number of hydrogen-bond acceptors (Lipinski definition) is 7. The van der Waals surface area contributed by atoms with Gasteiger partial charge in [0.05, 0.1) is 22.3 Å². The zero-order valence-electron chi connectivity index (χ0n) is 20.9. The molecule has 9 nitrogen and oxygen atoms in total. The molecule has 1 amide bonds. The van der Waals surface area contributed by atoms with Gasteiger partial charge in [0.1, 0.15) is 17.1 Å². The lowest BCUT2D eigenvalue weighted by atomic mass is 9.99. The predicted octanol–water partition coefficient (Wildman–Crippen LogP) is 4.50. The average Bonchev–Trinajstić information content (AvgIpc) is 3.39. The molecule has 2 aromatic carbocycles. The maximum absolute atomic E-state index is 13.2. The fourth-order valence-corrected chi connectivity index (χ4v) is 4.69. The molecule has 1 atom stereocenters. The molecule has 1 saturated heterocycles. The Morgan fingerprint density at radius 1 is 1.17 bits per heavy atom. The minimum Gasteiger partial charge on any atom is -0.507 e. The molecule has 0 saturated carbocycles. The lowest BCUT2D eigenvalue weighted by molar-refractivity contribution is 0.0108. The van der Waals surface area contributed by atoms with E-state index in [1.165, 1.54) is 6.07 Å². The van der Waals surface area contributed by atoms with Crippen LogP contribution in [0.5, 0.6) is 11.5 Å². The van der Waals surface area contributed by atoms with Gasteiger partial charge in [-0.3, -0.25) is 14.8 Å². The molecule has 9 heteroatoms. The fourth-order valence-electron chi connectivity index (χ4n) is 4.69. The van der Waals surface area contributed by atoms with Gasteiger partial charge in [-0.25, -0.2) is 4.79 Å². The number of nitrogens with zero attached hydrogens (tertiary/aromatic N) is 3. The summed E-state index contributed by atoms with van der Waals surface area (Å²) in [7, 11) is 0. The molecule has 0 radical (unpaired) electrons. The summed E-state index contributed by atoms with van der Waals surface area (Å²) in [4.78, 5) is 29.4. The number of benzene rings is 2. The van der Waals surface area contributed by atoms with Gasteiger partial charge >= 0.3 is 6.09 Å². The molecule has 2 N–H and O–H groups in total. The Balaban J connectivity index is 1.36. The van der Waals surface area contributed by atoms with Crippen LogP contribution in [0.3, 0.4) is 0 Å². The van der Waals surface area contributed by atoms with Crippen LogP contribution in [0.2, 0.25) is 0 Å². The van der Waals surface area contributed by atoms with Crippen LogP contribution in [-0.2, 0) is 4.74 Å². The van der Waals surface area contributed by atoms with Crippen LogP contribution in [0.15, 0.2) is 42.2 Å². The number of phenolic OH excluding ortho intramolecular Hbond substituents is 1. The van der Waals surface area contributed by atoms with Crippen molar-refractivity contribution < 1.29 is 24.2 Å². The summed E-state index contributed by atoms with van der Waals surface area (Å²) in [6.07, 6.45) is 1.31. The van der Waals surface area contributed by atoms with E-state index >= 15 is 0 Å². The molecule has 1 fully saturated rings. The maximum atomic E-state index is 13.2. The first-order chi connectivity index (χ1) is 17.1. The van der Waals surface area contributed by atoms with E-state index in [2.05, 4.69) is 15.1 Å². The molecule has 2 aliphatic rings. The molecule has 1 aromatic heterocycles. The number of amides is 1. The number of rotatable bonds is 3. The molecule has 0 spiro atoms. The third-order valence-corrected chi connectivity index (χ3v) is 6.55. The smallest absolute Gasteiger partial charge is 0.410 e. The van der Waals surface area contributed by atoms with Crippen molar-refractivity contribution in [3.8, 4) is 11.5 Å². The molecular formula is C27H30N4O5. The number of phenols is 1. The van der Waals surface area contributed by atoms with Crippen LogP contribution < -0.4 is 4.74 Å². The van der Waals surface area contributed by atoms with Gasteiger partial charge in [-0.1, -0.05) is 18.2 Å². The van der Waals surface area contributed by atoms with Crippen LogP contribution in [0.25, 0.3) is 17.0 Å². The van der Waals surface area contributed by atoms with Gasteiger partial charge in [0.2, 0.25) is 5.78 Å². The summed E-state index contributed by atoms with van der Waals surface area (Å²) in [5, 5.41) is 18.9. The summed E-state index contributed by atoms with van der Waals surface area (Å²) in [5.74, 6) is 0.347. The van der Waals surface area contributed by atoms with Crippen molar-refractivity contribution in [2.75, 3.05) is 26.2 Å². The summed E-state index contributed by atoms with van der Waals surface area (Å²) in [5.41, 5.74) is 1.90. The van der Waals surface area contributed by atoms with Crippen molar-refractivity contribution in [1.29, 1.82) is 0 Å². The predicted molar refractivity (Wildman–Crippen MR) is 135 cm³/mol. The summed E-state index contributed by atoms with van der Waals surface area (Å²) in [6, 6.07) is 10.5. The molecule has 5 rings (SSSR count).